The molecule has 1 heterocycles. The molecular formula is C13H16F3NO. The number of hydrogen-bond donors (Lipinski definition) is 1. The van der Waals surface area contributed by atoms with E-state index >= 15 is 0 Å². The van der Waals surface area contributed by atoms with E-state index in [4.69, 9.17) is 0 Å². The summed E-state index contributed by atoms with van der Waals surface area (Å²) < 4.78 is 38.9. The topological polar surface area (TPSA) is 33.1 Å². The predicted molar refractivity (Wildman–Crippen MR) is 60.7 cm³/mol. The summed E-state index contributed by atoms with van der Waals surface area (Å²) in [6.07, 6.45) is 1.34. The molecule has 0 amide bonds. The van der Waals surface area contributed by atoms with Gasteiger partial charge in [-0.1, -0.05) is 0 Å². The Bertz CT molecular complexity index is 417. The maximum Gasteiger partial charge on any atom is 0.248 e. The van der Waals surface area contributed by atoms with Crippen LogP contribution in [0, 0.1) is 11.7 Å². The van der Waals surface area contributed by atoms with E-state index in [1.165, 1.54) is 19.1 Å². The molecule has 0 spiro atoms. The normalized spacial score (nSPS) is 25.9. The van der Waals surface area contributed by atoms with Gasteiger partial charge in [0.2, 0.25) is 5.92 Å². The maximum absolute atomic E-state index is 13.1. The minimum Gasteiger partial charge on any atom is -0.384 e. The average molecular weight is 259 g/mol. The first-order chi connectivity index (χ1) is 8.28. The first-order valence-corrected chi connectivity index (χ1v) is 6.01. The second-order valence-electron chi connectivity index (χ2n) is 5.30. The smallest absolute Gasteiger partial charge is 0.248 e. The highest BCUT2D eigenvalue weighted by molar-refractivity contribution is 5.13. The quantitative estimate of drug-likeness (QED) is 0.903. The number of nitrogens with zero attached hydrogens (tertiary/aromatic N) is 1. The van der Waals surface area contributed by atoms with Gasteiger partial charge >= 0.3 is 0 Å². The number of alkyl halides is 2. The summed E-state index contributed by atoms with van der Waals surface area (Å²) in [7, 11) is 0. The van der Waals surface area contributed by atoms with Crippen LogP contribution in [0.3, 0.4) is 0 Å². The molecule has 18 heavy (non-hydrogen) atoms. The molecule has 0 bridgehead atoms. The van der Waals surface area contributed by atoms with Gasteiger partial charge in [-0.2, -0.15) is 0 Å². The van der Waals surface area contributed by atoms with E-state index in [1.54, 1.807) is 0 Å². The van der Waals surface area contributed by atoms with Crippen LogP contribution in [0.5, 0.6) is 0 Å². The molecule has 100 valence electrons. The van der Waals surface area contributed by atoms with Gasteiger partial charge in [-0.3, -0.25) is 4.98 Å². The van der Waals surface area contributed by atoms with Crippen LogP contribution < -0.4 is 0 Å². The van der Waals surface area contributed by atoms with Gasteiger partial charge in [-0.25, -0.2) is 13.2 Å². The molecular weight excluding hydrogens is 243 g/mol. The van der Waals surface area contributed by atoms with Gasteiger partial charge in [-0.05, 0) is 37.8 Å². The van der Waals surface area contributed by atoms with Crippen molar-refractivity contribution in [3.63, 3.8) is 0 Å². The van der Waals surface area contributed by atoms with Crippen LogP contribution in [-0.4, -0.2) is 16.0 Å². The maximum atomic E-state index is 13.1. The van der Waals surface area contributed by atoms with Crippen LogP contribution in [0.25, 0.3) is 0 Å². The summed E-state index contributed by atoms with van der Waals surface area (Å²) in [5.74, 6) is -3.32. The predicted octanol–water partition coefficient (Wildman–Crippen LogP) is 3.25. The fraction of sp³-hybridized carbons (Fsp3) is 0.615. The van der Waals surface area contributed by atoms with E-state index in [-0.39, 0.29) is 25.2 Å². The van der Waals surface area contributed by atoms with E-state index in [2.05, 4.69) is 4.98 Å². The summed E-state index contributed by atoms with van der Waals surface area (Å²) in [6.45, 7) is 1.53. The Hall–Kier alpha value is -1.10. The first kappa shape index (κ1) is 13.3. The van der Waals surface area contributed by atoms with Crippen molar-refractivity contribution in [1.82, 2.24) is 4.98 Å². The standard InChI is InChI=1S/C13H16F3NO/c1-12(18,11-3-2-10(14)8-17-11)6-9-4-5-13(15,16)7-9/h2-3,8-9,18H,4-7H2,1H3. The highest BCUT2D eigenvalue weighted by Gasteiger charge is 2.42. The fourth-order valence-corrected chi connectivity index (χ4v) is 2.58. The third kappa shape index (κ3) is 3.02. The van der Waals surface area contributed by atoms with Crippen LogP contribution in [0.4, 0.5) is 13.2 Å². The van der Waals surface area contributed by atoms with Gasteiger partial charge in [0, 0.05) is 12.8 Å². The Morgan fingerprint density at radius 3 is 2.72 bits per heavy atom. The van der Waals surface area contributed by atoms with Crippen molar-refractivity contribution in [2.75, 3.05) is 0 Å². The third-order valence-corrected chi connectivity index (χ3v) is 3.47. The highest BCUT2D eigenvalue weighted by Crippen LogP contribution is 2.43. The summed E-state index contributed by atoms with van der Waals surface area (Å²) >= 11 is 0. The highest BCUT2D eigenvalue weighted by atomic mass is 19.3. The Balaban J connectivity index is 2.05. The van der Waals surface area contributed by atoms with Gasteiger partial charge in [0.15, 0.2) is 0 Å². The van der Waals surface area contributed by atoms with E-state index in [9.17, 15) is 18.3 Å². The van der Waals surface area contributed by atoms with Crippen molar-refractivity contribution in [3.8, 4) is 0 Å². The van der Waals surface area contributed by atoms with E-state index in [0.717, 1.165) is 6.20 Å². The summed E-state index contributed by atoms with van der Waals surface area (Å²) in [6, 6.07) is 2.60. The molecule has 1 aliphatic rings. The molecule has 2 atom stereocenters. The average Bonchev–Trinajstić information content (AvgIpc) is 2.57. The summed E-state index contributed by atoms with van der Waals surface area (Å²) in [4.78, 5) is 3.82. The zero-order chi connectivity index (χ0) is 13.4. The molecule has 0 aliphatic heterocycles. The Kier molecular flexibility index (Phi) is 3.36. The third-order valence-electron chi connectivity index (χ3n) is 3.47. The number of aliphatic hydroxyl groups is 1. The lowest BCUT2D eigenvalue weighted by atomic mass is 9.88. The van der Waals surface area contributed by atoms with Crippen LogP contribution in [0.1, 0.15) is 38.3 Å². The lowest BCUT2D eigenvalue weighted by Gasteiger charge is -2.26. The number of hydrogen-bond acceptors (Lipinski definition) is 2. The lowest BCUT2D eigenvalue weighted by molar-refractivity contribution is -0.00769. The van der Waals surface area contributed by atoms with Gasteiger partial charge in [0.05, 0.1) is 11.9 Å². The molecule has 0 saturated heterocycles. The number of halogens is 3. The zero-order valence-electron chi connectivity index (χ0n) is 10.2. The molecule has 2 rings (SSSR count). The molecule has 1 aliphatic carbocycles. The van der Waals surface area contributed by atoms with Gasteiger partial charge in [-0.15, -0.1) is 0 Å². The van der Waals surface area contributed by atoms with Gasteiger partial charge in [0.25, 0.3) is 0 Å². The Morgan fingerprint density at radius 2 is 2.22 bits per heavy atom. The molecule has 2 nitrogen and oxygen atoms in total. The number of rotatable bonds is 3. The van der Waals surface area contributed by atoms with Crippen molar-refractivity contribution in [2.45, 2.75) is 44.1 Å². The summed E-state index contributed by atoms with van der Waals surface area (Å²) in [5.41, 5.74) is -0.974. The lowest BCUT2D eigenvalue weighted by Crippen LogP contribution is -2.26. The van der Waals surface area contributed by atoms with Crippen molar-refractivity contribution in [1.29, 1.82) is 0 Å². The molecule has 1 saturated carbocycles. The van der Waals surface area contributed by atoms with Crippen molar-refractivity contribution < 1.29 is 18.3 Å². The largest absolute Gasteiger partial charge is 0.384 e. The summed E-state index contributed by atoms with van der Waals surface area (Å²) in [5, 5.41) is 10.3. The van der Waals surface area contributed by atoms with Gasteiger partial charge < -0.3 is 5.11 Å². The molecule has 1 aromatic rings. The number of pyridine rings is 1. The Labute approximate surface area is 104 Å². The number of aromatic nitrogens is 1. The Morgan fingerprint density at radius 1 is 1.50 bits per heavy atom. The molecule has 0 aromatic carbocycles. The van der Waals surface area contributed by atoms with E-state index in [1.807, 2.05) is 0 Å². The monoisotopic (exact) mass is 259 g/mol. The molecule has 1 N–H and O–H groups in total. The van der Waals surface area contributed by atoms with Crippen LogP contribution in [-0.2, 0) is 5.60 Å². The van der Waals surface area contributed by atoms with Crippen molar-refractivity contribution in [3.05, 3.63) is 29.8 Å². The van der Waals surface area contributed by atoms with E-state index < -0.39 is 17.3 Å². The fourth-order valence-electron chi connectivity index (χ4n) is 2.58. The first-order valence-electron chi connectivity index (χ1n) is 6.01. The second kappa shape index (κ2) is 4.53. The van der Waals surface area contributed by atoms with Gasteiger partial charge in [0.1, 0.15) is 11.4 Å². The van der Waals surface area contributed by atoms with Crippen LogP contribution in [0.15, 0.2) is 18.3 Å². The SMILES string of the molecule is CC(O)(CC1CCC(F)(F)C1)c1ccc(F)cn1. The minimum absolute atomic E-state index is 0.120. The molecule has 5 heteroatoms. The second-order valence-corrected chi connectivity index (χ2v) is 5.30. The van der Waals surface area contributed by atoms with Crippen LogP contribution in [0.2, 0.25) is 0 Å². The van der Waals surface area contributed by atoms with Crippen LogP contribution >= 0.6 is 0 Å². The molecule has 1 fully saturated rings. The molecule has 1 aromatic heterocycles. The molecule has 0 radical (unpaired) electrons. The zero-order valence-corrected chi connectivity index (χ0v) is 10.2. The van der Waals surface area contributed by atoms with Crippen molar-refractivity contribution >= 4 is 0 Å². The van der Waals surface area contributed by atoms with E-state index in [0.29, 0.717) is 12.1 Å². The van der Waals surface area contributed by atoms with Crippen molar-refractivity contribution in [2.24, 2.45) is 5.92 Å². The minimum atomic E-state index is -2.61. The molecule has 2 unspecified atom stereocenters.